The van der Waals surface area contributed by atoms with Gasteiger partial charge in [0.05, 0.1) is 31.0 Å². The zero-order valence-corrected chi connectivity index (χ0v) is 21.2. The van der Waals surface area contributed by atoms with Crippen LogP contribution in [-0.2, 0) is 22.5 Å². The van der Waals surface area contributed by atoms with E-state index in [2.05, 4.69) is 10.6 Å². The third kappa shape index (κ3) is 5.88. The third-order valence-electron chi connectivity index (χ3n) is 7.29. The lowest BCUT2D eigenvalue weighted by molar-refractivity contribution is -0.137. The first-order valence-corrected chi connectivity index (χ1v) is 13.0. The van der Waals surface area contributed by atoms with Gasteiger partial charge in [-0.05, 0) is 29.7 Å². The van der Waals surface area contributed by atoms with Crippen molar-refractivity contribution in [1.82, 2.24) is 15.5 Å². The maximum absolute atomic E-state index is 13.9. The second-order valence-corrected chi connectivity index (χ2v) is 9.81. The van der Waals surface area contributed by atoms with Gasteiger partial charge >= 0.3 is 6.09 Å². The van der Waals surface area contributed by atoms with Crippen molar-refractivity contribution in [2.45, 2.75) is 49.7 Å². The molecule has 3 N–H and O–H groups in total. The Balaban J connectivity index is 1.38. The highest BCUT2D eigenvalue weighted by Crippen LogP contribution is 2.34. The molecule has 8 nitrogen and oxygen atoms in total. The van der Waals surface area contributed by atoms with E-state index >= 15 is 0 Å². The fourth-order valence-electron chi connectivity index (χ4n) is 5.29. The summed E-state index contributed by atoms with van der Waals surface area (Å²) >= 11 is 0. The molecular weight excluding hydrogens is 482 g/mol. The lowest BCUT2D eigenvalue weighted by Gasteiger charge is -2.41. The molecule has 2 heterocycles. The Morgan fingerprint density at radius 3 is 2.18 bits per heavy atom. The molecule has 0 saturated carbocycles. The predicted octanol–water partition coefficient (Wildman–Crippen LogP) is 3.25. The van der Waals surface area contributed by atoms with Crippen LogP contribution in [0.2, 0.25) is 0 Å². The maximum Gasteiger partial charge on any atom is 0.412 e. The molecule has 2 aliphatic heterocycles. The molecule has 198 valence electrons. The molecule has 2 aliphatic rings. The topological polar surface area (TPSA) is 100 Å². The molecule has 0 aromatic heterocycles. The largest absolute Gasteiger partial charge is 0.412 e. The standard InChI is InChI=1S/C30H33N3O5/c34-27(25(20-22-10-4-1-5-11-22)31-29(36)38-24-14-8-3-9-15-24)26-28(35)33(21-23-12-6-2-7-13-23)30(32-26)16-18-37-19-17-30/h1-15,25-27,32,34H,16-21H2,(H,31,36)/t25-,26-,27-/m0/s1. The fourth-order valence-corrected chi connectivity index (χ4v) is 5.29. The minimum absolute atomic E-state index is 0.195. The highest BCUT2D eigenvalue weighted by Gasteiger charge is 2.54. The van der Waals surface area contributed by atoms with Crippen molar-refractivity contribution in [1.29, 1.82) is 0 Å². The molecule has 5 rings (SSSR count). The number of nitrogens with one attached hydrogen (secondary N) is 2. The van der Waals surface area contributed by atoms with Crippen molar-refractivity contribution in [2.24, 2.45) is 0 Å². The molecule has 3 aromatic rings. The van der Waals surface area contributed by atoms with Crippen LogP contribution in [0.25, 0.3) is 0 Å². The summed E-state index contributed by atoms with van der Waals surface area (Å²) < 4.78 is 11.0. The van der Waals surface area contributed by atoms with Crippen LogP contribution in [0.5, 0.6) is 5.75 Å². The van der Waals surface area contributed by atoms with Gasteiger partial charge in [0.1, 0.15) is 11.8 Å². The van der Waals surface area contributed by atoms with Crippen molar-refractivity contribution < 1.29 is 24.2 Å². The number of aliphatic hydroxyl groups is 1. The van der Waals surface area contributed by atoms with Crippen LogP contribution >= 0.6 is 0 Å². The van der Waals surface area contributed by atoms with Gasteiger partial charge < -0.3 is 24.8 Å². The van der Waals surface area contributed by atoms with Gasteiger partial charge in [-0.3, -0.25) is 10.1 Å². The summed E-state index contributed by atoms with van der Waals surface area (Å²) in [6, 6.07) is 26.4. The zero-order valence-electron chi connectivity index (χ0n) is 21.2. The summed E-state index contributed by atoms with van der Waals surface area (Å²) in [7, 11) is 0. The van der Waals surface area contributed by atoms with Crippen LogP contribution in [0, 0.1) is 0 Å². The molecule has 2 amide bonds. The van der Waals surface area contributed by atoms with Gasteiger partial charge in [-0.2, -0.15) is 0 Å². The number of benzene rings is 3. The quantitative estimate of drug-likeness (QED) is 0.426. The van der Waals surface area contributed by atoms with Crippen molar-refractivity contribution in [3.05, 3.63) is 102 Å². The van der Waals surface area contributed by atoms with Gasteiger partial charge in [0.2, 0.25) is 5.91 Å². The van der Waals surface area contributed by atoms with Crippen LogP contribution in [0.15, 0.2) is 91.0 Å². The molecule has 3 aromatic carbocycles. The zero-order chi connectivity index (χ0) is 26.4. The van der Waals surface area contributed by atoms with Crippen molar-refractivity contribution >= 4 is 12.0 Å². The second-order valence-electron chi connectivity index (χ2n) is 9.81. The van der Waals surface area contributed by atoms with Gasteiger partial charge in [-0.1, -0.05) is 78.9 Å². The number of carbonyl (C=O) groups excluding carboxylic acids is 2. The van der Waals surface area contributed by atoms with Crippen LogP contribution in [0.1, 0.15) is 24.0 Å². The van der Waals surface area contributed by atoms with E-state index < -0.39 is 29.9 Å². The van der Waals surface area contributed by atoms with Crippen LogP contribution in [-0.4, -0.2) is 59.1 Å². The number of hydrogen-bond donors (Lipinski definition) is 3. The Hall–Kier alpha value is -3.72. The summed E-state index contributed by atoms with van der Waals surface area (Å²) in [5.74, 6) is 0.197. The monoisotopic (exact) mass is 515 g/mol. The minimum atomic E-state index is -1.20. The van der Waals surface area contributed by atoms with Crippen LogP contribution in [0.3, 0.4) is 0 Å². The molecule has 0 aliphatic carbocycles. The minimum Gasteiger partial charge on any atom is -0.410 e. The van der Waals surface area contributed by atoms with E-state index in [1.807, 2.05) is 71.6 Å². The van der Waals surface area contributed by atoms with Gasteiger partial charge in [0.15, 0.2) is 0 Å². The Labute approximate surface area is 222 Å². The molecular formula is C30H33N3O5. The average molecular weight is 516 g/mol. The molecule has 2 fully saturated rings. The first kappa shape index (κ1) is 25.9. The Bertz CT molecular complexity index is 1200. The average Bonchev–Trinajstić information content (AvgIpc) is 3.20. The molecule has 0 bridgehead atoms. The summed E-state index contributed by atoms with van der Waals surface area (Å²) in [6.07, 6.45) is -0.342. The van der Waals surface area contributed by atoms with Crippen LogP contribution in [0.4, 0.5) is 4.79 Å². The van der Waals surface area contributed by atoms with Gasteiger partial charge in [-0.25, -0.2) is 4.79 Å². The van der Waals surface area contributed by atoms with Gasteiger partial charge in [0.25, 0.3) is 0 Å². The van der Waals surface area contributed by atoms with E-state index in [1.54, 1.807) is 24.3 Å². The van der Waals surface area contributed by atoms with E-state index in [-0.39, 0.29) is 5.91 Å². The number of aliphatic hydroxyl groups excluding tert-OH is 1. The molecule has 0 radical (unpaired) electrons. The summed E-state index contributed by atoms with van der Waals surface area (Å²) in [5.41, 5.74) is 1.30. The third-order valence-corrected chi connectivity index (χ3v) is 7.29. The van der Waals surface area contributed by atoms with Crippen LogP contribution < -0.4 is 15.4 Å². The summed E-state index contributed by atoms with van der Waals surface area (Å²) in [5, 5.41) is 17.9. The maximum atomic E-state index is 13.9. The van der Waals surface area contributed by atoms with Gasteiger partial charge in [0, 0.05) is 19.4 Å². The first-order chi connectivity index (χ1) is 18.5. The number of ether oxygens (including phenoxy) is 2. The highest BCUT2D eigenvalue weighted by atomic mass is 16.6. The van der Waals surface area contributed by atoms with E-state index in [0.29, 0.717) is 44.8 Å². The van der Waals surface area contributed by atoms with Gasteiger partial charge in [-0.15, -0.1) is 0 Å². The fraction of sp³-hybridized carbons (Fsp3) is 0.333. The molecule has 1 spiro atoms. The molecule has 38 heavy (non-hydrogen) atoms. The second kappa shape index (κ2) is 11.8. The molecule has 0 unspecified atom stereocenters. The number of amides is 2. The number of rotatable bonds is 8. The summed E-state index contributed by atoms with van der Waals surface area (Å²) in [6.45, 7) is 1.45. The van der Waals surface area contributed by atoms with E-state index in [4.69, 9.17) is 9.47 Å². The molecule has 2 saturated heterocycles. The van der Waals surface area contributed by atoms with E-state index in [9.17, 15) is 14.7 Å². The lowest BCUT2D eigenvalue weighted by atomic mass is 9.95. The Morgan fingerprint density at radius 1 is 0.974 bits per heavy atom. The normalized spacial score (nSPS) is 20.2. The van der Waals surface area contributed by atoms with E-state index in [1.165, 1.54) is 0 Å². The first-order valence-electron chi connectivity index (χ1n) is 13.0. The summed E-state index contributed by atoms with van der Waals surface area (Å²) in [4.78, 5) is 28.5. The SMILES string of the molecule is O=C(N[C@@H](Cc1ccccc1)[C@H](O)[C@@H]1NC2(CCOCC2)N(Cc2ccccc2)C1=O)Oc1ccccc1. The highest BCUT2D eigenvalue weighted by molar-refractivity contribution is 5.86. The van der Waals surface area contributed by atoms with Crippen molar-refractivity contribution in [3.63, 3.8) is 0 Å². The Morgan fingerprint density at radius 2 is 1.55 bits per heavy atom. The number of para-hydroxylation sites is 1. The lowest BCUT2D eigenvalue weighted by Crippen LogP contribution is -2.58. The Kier molecular flexibility index (Phi) is 8.03. The molecule has 3 atom stereocenters. The van der Waals surface area contributed by atoms with Crippen molar-refractivity contribution in [2.75, 3.05) is 13.2 Å². The van der Waals surface area contributed by atoms with Crippen molar-refractivity contribution in [3.8, 4) is 5.75 Å². The number of hydrogen-bond acceptors (Lipinski definition) is 6. The number of carbonyl (C=O) groups is 2. The number of nitrogens with zero attached hydrogens (tertiary/aromatic N) is 1. The smallest absolute Gasteiger partial charge is 0.410 e. The predicted molar refractivity (Wildman–Crippen MR) is 142 cm³/mol. The van der Waals surface area contributed by atoms with E-state index in [0.717, 1.165) is 11.1 Å². The molecule has 8 heteroatoms.